The lowest BCUT2D eigenvalue weighted by atomic mass is 10.3. The summed E-state index contributed by atoms with van der Waals surface area (Å²) in [6, 6.07) is 1.32. The lowest BCUT2D eigenvalue weighted by Gasteiger charge is -2.07. The number of pyridine rings is 1. The lowest BCUT2D eigenvalue weighted by molar-refractivity contribution is -0.645. The van der Waals surface area contributed by atoms with Gasteiger partial charge in [-0.2, -0.15) is 17.9 Å². The molecule has 0 fully saturated rings. The highest BCUT2D eigenvalue weighted by atomic mass is 32.2. The lowest BCUT2D eigenvalue weighted by Crippen LogP contribution is -2.29. The second-order valence-electron chi connectivity index (χ2n) is 2.67. The van der Waals surface area contributed by atoms with Crippen molar-refractivity contribution in [2.45, 2.75) is 18.1 Å². The highest BCUT2D eigenvalue weighted by Gasteiger charge is 2.32. The van der Waals surface area contributed by atoms with Gasteiger partial charge in [-0.25, -0.2) is 0 Å². The normalized spacial score (nSPS) is 11.5. The summed E-state index contributed by atoms with van der Waals surface area (Å²) in [5, 5.41) is 10.3. The maximum Gasteiger partial charge on any atom is 0.416 e. The van der Waals surface area contributed by atoms with Gasteiger partial charge in [0.15, 0.2) is 11.3 Å². The number of rotatable bonds is 1. The van der Waals surface area contributed by atoms with Gasteiger partial charge in [-0.05, 0) is 0 Å². The van der Waals surface area contributed by atoms with Crippen LogP contribution in [0.5, 0.6) is 0 Å². The van der Waals surface area contributed by atoms with Crippen molar-refractivity contribution in [3.8, 4) is 0 Å². The highest BCUT2D eigenvalue weighted by Crippen LogP contribution is 2.30. The summed E-state index contributed by atoms with van der Waals surface area (Å²) in [6.45, 7) is 1.17. The molecule has 0 radical (unpaired) electrons. The first-order valence-corrected chi connectivity index (χ1v) is 4.61. The fourth-order valence-corrected chi connectivity index (χ4v) is 1.50. The van der Waals surface area contributed by atoms with Crippen molar-refractivity contribution in [1.29, 1.82) is 0 Å². The van der Waals surface area contributed by atoms with Gasteiger partial charge < -0.3 is 5.21 Å². The van der Waals surface area contributed by atoms with Gasteiger partial charge in [-0.15, -0.1) is 0 Å². The van der Waals surface area contributed by atoms with Crippen LogP contribution >= 0.6 is 11.8 Å². The zero-order valence-electron chi connectivity index (χ0n) is 7.54. The van der Waals surface area contributed by atoms with Gasteiger partial charge >= 0.3 is 6.18 Å². The summed E-state index contributed by atoms with van der Waals surface area (Å²) in [5.74, 6) is 0. The molecule has 1 aromatic rings. The summed E-state index contributed by atoms with van der Waals surface area (Å²) in [7, 11) is 0. The Morgan fingerprint density at radius 1 is 1.53 bits per heavy atom. The van der Waals surface area contributed by atoms with E-state index >= 15 is 0 Å². The van der Waals surface area contributed by atoms with Crippen LogP contribution < -0.4 is 4.73 Å². The summed E-state index contributed by atoms with van der Waals surface area (Å²) in [5.41, 5.74) is -0.946. The molecule has 3 nitrogen and oxygen atoms in total. The number of alkyl halides is 3. The minimum absolute atomic E-state index is 0.224. The van der Waals surface area contributed by atoms with E-state index in [1.54, 1.807) is 0 Å². The van der Waals surface area contributed by atoms with E-state index in [0.29, 0.717) is 23.9 Å². The molecule has 7 heteroatoms. The third-order valence-electron chi connectivity index (χ3n) is 1.46. The Bertz CT molecular complexity index is 392. The number of aromatic nitrogens is 1. The smallest absolute Gasteiger partial charge is 0.416 e. The molecule has 0 saturated carbocycles. The number of thioether (sulfide) groups is 1. The third-order valence-corrected chi connectivity index (χ3v) is 2.26. The Hall–Kier alpha value is -1.24. The maximum atomic E-state index is 12.2. The predicted molar refractivity (Wildman–Crippen MR) is 46.9 cm³/mol. The maximum absolute atomic E-state index is 12.2. The van der Waals surface area contributed by atoms with Gasteiger partial charge in [0.2, 0.25) is 0 Å². The molecule has 82 valence electrons. The summed E-state index contributed by atoms with van der Waals surface area (Å²) in [6.07, 6.45) is -3.78. The summed E-state index contributed by atoms with van der Waals surface area (Å²) >= 11 is 0.467. The Labute approximate surface area is 87.5 Å². The Morgan fingerprint density at radius 2 is 2.13 bits per heavy atom. The average Bonchev–Trinajstić information content (AvgIpc) is 2.06. The van der Waals surface area contributed by atoms with E-state index < -0.39 is 16.9 Å². The molecule has 0 aliphatic heterocycles. The van der Waals surface area contributed by atoms with E-state index in [1.165, 1.54) is 6.92 Å². The van der Waals surface area contributed by atoms with Gasteiger partial charge in [0, 0.05) is 30.8 Å². The number of nitrogens with zero attached hydrogens (tertiary/aromatic N) is 1. The van der Waals surface area contributed by atoms with Crippen LogP contribution in [0.25, 0.3) is 0 Å². The zero-order chi connectivity index (χ0) is 11.6. The van der Waals surface area contributed by atoms with E-state index in [2.05, 4.69) is 0 Å². The average molecular weight is 237 g/mol. The van der Waals surface area contributed by atoms with Crippen LogP contribution in [0.1, 0.15) is 12.5 Å². The number of halogens is 3. The van der Waals surface area contributed by atoms with E-state index in [1.807, 2.05) is 0 Å². The quantitative estimate of drug-likeness (QED) is 0.426. The highest BCUT2D eigenvalue weighted by molar-refractivity contribution is 8.13. The van der Waals surface area contributed by atoms with Crippen LogP contribution in [0.4, 0.5) is 13.2 Å². The molecule has 0 aliphatic carbocycles. The minimum Gasteiger partial charge on any atom is -0.618 e. The van der Waals surface area contributed by atoms with Gasteiger partial charge in [0.1, 0.15) is 0 Å². The van der Waals surface area contributed by atoms with E-state index in [4.69, 9.17) is 0 Å². The minimum atomic E-state index is -4.51. The first kappa shape index (κ1) is 11.8. The molecule has 0 aliphatic rings. The molecule has 0 unspecified atom stereocenters. The van der Waals surface area contributed by atoms with Crippen molar-refractivity contribution in [2.75, 3.05) is 0 Å². The molecule has 1 heterocycles. The van der Waals surface area contributed by atoms with Gasteiger partial charge in [-0.1, -0.05) is 0 Å². The molecule has 0 aromatic carbocycles. The standard InChI is InChI=1S/C8H6F3NO2S/c1-5(13)15-7-4-6(8(9,10)11)2-3-12(7)14/h2-4H,1H3. The monoisotopic (exact) mass is 237 g/mol. The number of carbonyl (C=O) groups excluding carboxylic acids is 1. The van der Waals surface area contributed by atoms with E-state index in [0.717, 1.165) is 6.20 Å². The zero-order valence-corrected chi connectivity index (χ0v) is 8.35. The van der Waals surface area contributed by atoms with Crippen LogP contribution in [0.3, 0.4) is 0 Å². The van der Waals surface area contributed by atoms with Gasteiger partial charge in [-0.3, -0.25) is 4.79 Å². The molecule has 0 spiro atoms. The largest absolute Gasteiger partial charge is 0.618 e. The first-order chi connectivity index (χ1) is 6.80. The molecule has 0 bridgehead atoms. The first-order valence-electron chi connectivity index (χ1n) is 3.79. The second kappa shape index (κ2) is 4.09. The summed E-state index contributed by atoms with van der Waals surface area (Å²) < 4.78 is 36.9. The molecule has 0 atom stereocenters. The van der Waals surface area contributed by atoms with Crippen molar-refractivity contribution < 1.29 is 22.7 Å². The van der Waals surface area contributed by atoms with Crippen molar-refractivity contribution in [1.82, 2.24) is 0 Å². The molecule has 1 aromatic heterocycles. The van der Waals surface area contributed by atoms with Crippen molar-refractivity contribution in [2.24, 2.45) is 0 Å². The van der Waals surface area contributed by atoms with Crippen LogP contribution in [0.2, 0.25) is 0 Å². The van der Waals surface area contributed by atoms with Crippen molar-refractivity contribution in [3.63, 3.8) is 0 Å². The molecule has 0 N–H and O–H groups in total. The Morgan fingerprint density at radius 3 is 2.60 bits per heavy atom. The summed E-state index contributed by atoms with van der Waals surface area (Å²) in [4.78, 5) is 10.7. The van der Waals surface area contributed by atoms with Crippen molar-refractivity contribution >= 4 is 16.9 Å². The van der Waals surface area contributed by atoms with Crippen LogP contribution in [0.15, 0.2) is 23.4 Å². The van der Waals surface area contributed by atoms with E-state index in [9.17, 15) is 23.2 Å². The van der Waals surface area contributed by atoms with Crippen LogP contribution in [0, 0.1) is 5.21 Å². The SMILES string of the molecule is CC(=O)Sc1cc(C(F)(F)F)cc[n+]1[O-]. The topological polar surface area (TPSA) is 44.0 Å². The molecule has 0 saturated heterocycles. The molecular weight excluding hydrogens is 231 g/mol. The predicted octanol–water partition coefficient (Wildman–Crippen LogP) is 1.98. The number of carbonyl (C=O) groups is 1. The van der Waals surface area contributed by atoms with Gasteiger partial charge in [0.25, 0.3) is 5.03 Å². The molecule has 1 rings (SSSR count). The molecular formula is C8H6F3NO2S. The molecule has 15 heavy (non-hydrogen) atoms. The fourth-order valence-electron chi connectivity index (χ4n) is 0.864. The molecule has 0 amide bonds. The third kappa shape index (κ3) is 3.12. The Kier molecular flexibility index (Phi) is 3.23. The van der Waals surface area contributed by atoms with Crippen molar-refractivity contribution in [3.05, 3.63) is 29.1 Å². The van der Waals surface area contributed by atoms with Crippen LogP contribution in [-0.2, 0) is 11.0 Å². The van der Waals surface area contributed by atoms with Gasteiger partial charge in [0.05, 0.1) is 5.56 Å². The Balaban J connectivity index is 3.11. The second-order valence-corrected chi connectivity index (χ2v) is 3.87. The number of hydrogen-bond acceptors (Lipinski definition) is 3. The van der Waals surface area contributed by atoms with Crippen LogP contribution in [-0.4, -0.2) is 5.12 Å². The number of hydrogen-bond donors (Lipinski definition) is 0. The van der Waals surface area contributed by atoms with E-state index in [-0.39, 0.29) is 9.76 Å². The fraction of sp³-hybridized carbons (Fsp3) is 0.250.